The van der Waals surface area contributed by atoms with E-state index in [2.05, 4.69) is 40.2 Å². The summed E-state index contributed by atoms with van der Waals surface area (Å²) in [4.78, 5) is 12.6. The number of hydrogen-bond acceptors (Lipinski definition) is 4. The van der Waals surface area contributed by atoms with Crippen LogP contribution in [0.4, 0.5) is 0 Å². The van der Waals surface area contributed by atoms with Gasteiger partial charge in [-0.15, -0.1) is 0 Å². The van der Waals surface area contributed by atoms with Gasteiger partial charge in [0.2, 0.25) is 0 Å². The lowest BCUT2D eigenvalue weighted by atomic mass is 9.89. The topological polar surface area (TPSA) is 66.3 Å². The Balaban J connectivity index is 1.66. The first-order valence-electron chi connectivity index (χ1n) is 9.23. The number of carbonyl (C=O) groups is 1. The highest BCUT2D eigenvalue weighted by atomic mass is 16.3. The Labute approximate surface area is 146 Å². The van der Waals surface area contributed by atoms with Crippen LogP contribution in [0.1, 0.15) is 43.0 Å². The molecule has 3 N–H and O–H groups in total. The summed E-state index contributed by atoms with van der Waals surface area (Å²) in [5, 5.41) is 11.5. The highest BCUT2D eigenvalue weighted by molar-refractivity contribution is 5.99. The number of nitrogens with one attached hydrogen (secondary N) is 3. The maximum absolute atomic E-state index is 12.6. The number of fused-ring (bicyclic) bond motifs is 2. The number of aryl methyl sites for hydroxylation is 1. The van der Waals surface area contributed by atoms with Gasteiger partial charge in [-0.25, -0.2) is 0 Å². The summed E-state index contributed by atoms with van der Waals surface area (Å²) < 4.78 is 6.00. The number of rotatable bonds is 1. The van der Waals surface area contributed by atoms with Gasteiger partial charge in [-0.2, -0.15) is 0 Å². The third-order valence-electron chi connectivity index (χ3n) is 5.80. The van der Waals surface area contributed by atoms with Gasteiger partial charge in [-0.3, -0.25) is 4.79 Å². The number of para-hydroxylation sites is 1. The maximum Gasteiger partial charge on any atom is 0.251 e. The largest absolute Gasteiger partial charge is 0.461 e. The Kier molecular flexibility index (Phi) is 3.38. The summed E-state index contributed by atoms with van der Waals surface area (Å²) in [6.45, 7) is 2.57. The summed E-state index contributed by atoms with van der Waals surface area (Å²) in [6.07, 6.45) is 4.78. The summed E-state index contributed by atoms with van der Waals surface area (Å²) in [5.74, 6) is 0.925. The number of amides is 1. The smallest absolute Gasteiger partial charge is 0.251 e. The van der Waals surface area contributed by atoms with E-state index in [0.717, 1.165) is 46.4 Å². The van der Waals surface area contributed by atoms with E-state index >= 15 is 0 Å². The van der Waals surface area contributed by atoms with Crippen LogP contribution in [0.25, 0.3) is 11.0 Å². The Bertz CT molecular complexity index is 882. The van der Waals surface area contributed by atoms with Gasteiger partial charge in [-0.05, 0) is 25.8 Å². The highest BCUT2D eigenvalue weighted by Crippen LogP contribution is 2.37. The van der Waals surface area contributed by atoms with Crippen LogP contribution in [0.5, 0.6) is 0 Å². The standard InChI is InChI=1S/C20H23N3O2/c1-11-9-12-5-4-6-13(19(12)25-11)18-17-16(10-21-20(17)24)22-14-7-2-3-8-15(14)23-18/h4-6,9,14-15,18,22-23H,2-3,7-8,10H2,1H3,(H,21,24)/t14-,15-,18-/m1/s1. The van der Waals surface area contributed by atoms with Crippen LogP contribution in [0.3, 0.4) is 0 Å². The van der Waals surface area contributed by atoms with E-state index in [0.29, 0.717) is 18.6 Å². The molecule has 3 aliphatic rings. The van der Waals surface area contributed by atoms with E-state index in [1.807, 2.05) is 6.92 Å². The third-order valence-corrected chi connectivity index (χ3v) is 5.80. The molecule has 5 rings (SSSR count). The van der Waals surface area contributed by atoms with Gasteiger partial charge >= 0.3 is 0 Å². The number of benzene rings is 1. The molecular weight excluding hydrogens is 314 g/mol. The molecule has 1 saturated carbocycles. The molecule has 25 heavy (non-hydrogen) atoms. The van der Waals surface area contributed by atoms with Crippen molar-refractivity contribution in [2.45, 2.75) is 50.7 Å². The van der Waals surface area contributed by atoms with Crippen LogP contribution < -0.4 is 16.0 Å². The van der Waals surface area contributed by atoms with Crippen molar-refractivity contribution in [3.8, 4) is 0 Å². The summed E-state index contributed by atoms with van der Waals surface area (Å²) in [5.41, 5.74) is 3.83. The zero-order chi connectivity index (χ0) is 17.0. The van der Waals surface area contributed by atoms with E-state index in [4.69, 9.17) is 4.42 Å². The zero-order valence-corrected chi connectivity index (χ0v) is 14.4. The zero-order valence-electron chi connectivity index (χ0n) is 14.4. The van der Waals surface area contributed by atoms with Gasteiger partial charge in [0.1, 0.15) is 11.3 Å². The van der Waals surface area contributed by atoms with Gasteiger partial charge in [0.15, 0.2) is 0 Å². The van der Waals surface area contributed by atoms with Crippen molar-refractivity contribution in [1.29, 1.82) is 0 Å². The van der Waals surface area contributed by atoms with Crippen LogP contribution in [-0.4, -0.2) is 24.5 Å². The van der Waals surface area contributed by atoms with Gasteiger partial charge in [0, 0.05) is 28.7 Å². The van der Waals surface area contributed by atoms with Crippen LogP contribution >= 0.6 is 0 Å². The molecule has 0 bridgehead atoms. The fourth-order valence-electron chi connectivity index (χ4n) is 4.64. The lowest BCUT2D eigenvalue weighted by molar-refractivity contribution is -0.117. The van der Waals surface area contributed by atoms with Crippen molar-refractivity contribution in [2.24, 2.45) is 0 Å². The van der Waals surface area contributed by atoms with Crippen LogP contribution in [0.15, 0.2) is 40.0 Å². The van der Waals surface area contributed by atoms with Crippen molar-refractivity contribution >= 4 is 16.9 Å². The normalized spacial score (nSPS) is 29.0. The number of hydrogen-bond donors (Lipinski definition) is 3. The predicted octanol–water partition coefficient (Wildman–Crippen LogP) is 2.67. The minimum atomic E-state index is -0.132. The first-order valence-corrected chi connectivity index (χ1v) is 9.23. The van der Waals surface area contributed by atoms with Crippen LogP contribution in [0.2, 0.25) is 0 Å². The molecule has 2 aliphatic heterocycles. The first kappa shape index (κ1) is 15.0. The van der Waals surface area contributed by atoms with Crippen molar-refractivity contribution < 1.29 is 9.21 Å². The van der Waals surface area contributed by atoms with E-state index in [1.54, 1.807) is 0 Å². The van der Waals surface area contributed by atoms with Crippen molar-refractivity contribution in [2.75, 3.05) is 6.54 Å². The Morgan fingerprint density at radius 3 is 2.88 bits per heavy atom. The quantitative estimate of drug-likeness (QED) is 0.748. The second-order valence-electron chi connectivity index (χ2n) is 7.44. The molecule has 1 aromatic heterocycles. The molecule has 1 fully saturated rings. The van der Waals surface area contributed by atoms with E-state index < -0.39 is 0 Å². The number of carbonyl (C=O) groups excluding carboxylic acids is 1. The minimum Gasteiger partial charge on any atom is -0.461 e. The number of furan rings is 1. The predicted molar refractivity (Wildman–Crippen MR) is 96.0 cm³/mol. The lowest BCUT2D eigenvalue weighted by Gasteiger charge is -2.33. The summed E-state index contributed by atoms with van der Waals surface area (Å²) in [6, 6.07) is 8.91. The molecular formula is C20H23N3O2. The molecule has 0 saturated heterocycles. The van der Waals surface area contributed by atoms with E-state index in [1.165, 1.54) is 12.8 Å². The molecule has 5 heteroatoms. The third kappa shape index (κ3) is 2.37. The fourth-order valence-corrected chi connectivity index (χ4v) is 4.64. The average Bonchev–Trinajstić information content (AvgIpc) is 3.10. The SMILES string of the molecule is Cc1cc2cccc([C@H]3N[C@@H]4CCCC[C@H]4NC4=C3C(=O)NC4)c2o1. The molecule has 130 valence electrons. The second-order valence-corrected chi connectivity index (χ2v) is 7.44. The highest BCUT2D eigenvalue weighted by Gasteiger charge is 2.39. The van der Waals surface area contributed by atoms with Crippen molar-refractivity contribution in [1.82, 2.24) is 16.0 Å². The van der Waals surface area contributed by atoms with Crippen LogP contribution in [-0.2, 0) is 4.79 Å². The molecule has 0 radical (unpaired) electrons. The van der Waals surface area contributed by atoms with E-state index in [9.17, 15) is 4.79 Å². The molecule has 3 heterocycles. The Morgan fingerprint density at radius 1 is 1.16 bits per heavy atom. The minimum absolute atomic E-state index is 0.0268. The monoisotopic (exact) mass is 337 g/mol. The lowest BCUT2D eigenvalue weighted by Crippen LogP contribution is -2.49. The van der Waals surface area contributed by atoms with Gasteiger partial charge in [0.05, 0.1) is 18.2 Å². The second kappa shape index (κ2) is 5.63. The van der Waals surface area contributed by atoms with Crippen molar-refractivity contribution in [3.05, 3.63) is 46.9 Å². The van der Waals surface area contributed by atoms with Crippen molar-refractivity contribution in [3.63, 3.8) is 0 Å². The fraction of sp³-hybridized carbons (Fsp3) is 0.450. The molecule has 0 spiro atoms. The molecule has 2 aromatic rings. The first-order chi connectivity index (χ1) is 12.2. The molecule has 1 aromatic carbocycles. The average molecular weight is 337 g/mol. The molecule has 5 nitrogen and oxygen atoms in total. The van der Waals surface area contributed by atoms with E-state index in [-0.39, 0.29) is 11.9 Å². The maximum atomic E-state index is 12.6. The summed E-state index contributed by atoms with van der Waals surface area (Å²) in [7, 11) is 0. The Hall–Kier alpha value is -2.27. The molecule has 1 amide bonds. The van der Waals surface area contributed by atoms with Gasteiger partial charge < -0.3 is 20.4 Å². The van der Waals surface area contributed by atoms with Gasteiger partial charge in [-0.1, -0.05) is 31.0 Å². The molecule has 3 atom stereocenters. The Morgan fingerprint density at radius 2 is 2.00 bits per heavy atom. The molecule has 1 aliphatic carbocycles. The van der Waals surface area contributed by atoms with Gasteiger partial charge in [0.25, 0.3) is 5.91 Å². The summed E-state index contributed by atoms with van der Waals surface area (Å²) >= 11 is 0. The van der Waals surface area contributed by atoms with Crippen LogP contribution in [0, 0.1) is 6.92 Å². The molecule has 0 unspecified atom stereocenters.